The molecule has 0 fully saturated rings. The maximum absolute atomic E-state index is 5.63. The molecule has 0 aromatic heterocycles. The van der Waals surface area contributed by atoms with Crippen molar-refractivity contribution in [2.24, 2.45) is 0 Å². The first-order valence-electron chi connectivity index (χ1n) is 11.7. The van der Waals surface area contributed by atoms with Gasteiger partial charge in [-0.15, -0.1) is 23.2 Å². The summed E-state index contributed by atoms with van der Waals surface area (Å²) in [4.78, 5) is 0. The minimum atomic E-state index is 0.505. The van der Waals surface area contributed by atoms with Gasteiger partial charge in [0.15, 0.2) is 0 Å². The molecule has 0 saturated carbocycles. The third-order valence-electron chi connectivity index (χ3n) is 4.00. The average Bonchev–Trinajstić information content (AvgIpc) is 2.81. The van der Waals surface area contributed by atoms with E-state index in [9.17, 15) is 0 Å². The van der Waals surface area contributed by atoms with Gasteiger partial charge in [-0.1, -0.05) is 12.8 Å². The minimum Gasteiger partial charge on any atom is -0.379 e. The van der Waals surface area contributed by atoms with Crippen molar-refractivity contribution in [2.45, 2.75) is 25.7 Å². The highest BCUT2D eigenvalue weighted by molar-refractivity contribution is 6.18. The summed E-state index contributed by atoms with van der Waals surface area (Å²) in [5, 5.41) is 0. The summed E-state index contributed by atoms with van der Waals surface area (Å²) in [6, 6.07) is 0. The van der Waals surface area contributed by atoms with E-state index in [2.05, 4.69) is 0 Å². The zero-order valence-electron chi connectivity index (χ0n) is 19.6. The number of hydrogen-bond donors (Lipinski definition) is 0. The second kappa shape index (κ2) is 31.3. The lowest BCUT2D eigenvalue weighted by Crippen LogP contribution is -2.15. The second-order valence-corrected chi connectivity index (χ2v) is 7.45. The van der Waals surface area contributed by atoms with Crippen molar-refractivity contribution < 1.29 is 37.9 Å². The molecule has 0 saturated heterocycles. The molecule has 0 N–H and O–H groups in total. The summed E-state index contributed by atoms with van der Waals surface area (Å²) < 4.78 is 43.2. The van der Waals surface area contributed by atoms with E-state index in [1.807, 2.05) is 0 Å². The first-order chi connectivity index (χ1) is 15.9. The van der Waals surface area contributed by atoms with Crippen LogP contribution in [0.2, 0.25) is 0 Å². The fourth-order valence-corrected chi connectivity index (χ4v) is 2.65. The number of ether oxygens (including phenoxy) is 8. The molecular weight excluding hydrogens is 463 g/mol. The molecule has 0 amide bonds. The topological polar surface area (TPSA) is 73.8 Å². The first-order valence-corrected chi connectivity index (χ1v) is 12.7. The zero-order chi connectivity index (χ0) is 23.2. The molecule has 8 nitrogen and oxygen atoms in total. The summed E-state index contributed by atoms with van der Waals surface area (Å²) in [6.07, 6.45) is 4.52. The van der Waals surface area contributed by atoms with Gasteiger partial charge >= 0.3 is 0 Å². The van der Waals surface area contributed by atoms with Crippen LogP contribution >= 0.6 is 23.2 Å². The Balaban J connectivity index is 2.98. The molecule has 0 heterocycles. The van der Waals surface area contributed by atoms with Crippen LogP contribution in [0.3, 0.4) is 0 Å². The minimum absolute atomic E-state index is 0.505. The Kier molecular flexibility index (Phi) is 31.5. The maximum Gasteiger partial charge on any atom is 0.0701 e. The summed E-state index contributed by atoms with van der Waals surface area (Å²) in [5.74, 6) is 1.25. The molecular formula is C22H44Cl2O8. The number of rotatable bonds is 29. The van der Waals surface area contributed by atoms with Crippen LogP contribution in [-0.2, 0) is 37.9 Å². The van der Waals surface area contributed by atoms with Crippen LogP contribution in [-0.4, -0.2) is 117 Å². The van der Waals surface area contributed by atoms with Gasteiger partial charge in [0, 0.05) is 18.4 Å². The fraction of sp³-hybridized carbons (Fsp3) is 1.00. The summed E-state index contributed by atoms with van der Waals surface area (Å²) in [5.41, 5.74) is 0. The molecule has 0 bridgehead atoms. The molecule has 0 radical (unpaired) electrons. The van der Waals surface area contributed by atoms with E-state index < -0.39 is 0 Å². The molecule has 32 heavy (non-hydrogen) atoms. The van der Waals surface area contributed by atoms with Crippen molar-refractivity contribution >= 4 is 23.2 Å². The lowest BCUT2D eigenvalue weighted by molar-refractivity contribution is -0.0228. The third-order valence-corrected chi connectivity index (χ3v) is 4.42. The summed E-state index contributed by atoms with van der Waals surface area (Å²) in [6.45, 7) is 9.11. The lowest BCUT2D eigenvalue weighted by Gasteiger charge is -2.08. The van der Waals surface area contributed by atoms with E-state index in [-0.39, 0.29) is 0 Å². The van der Waals surface area contributed by atoms with Crippen molar-refractivity contribution in [1.82, 2.24) is 0 Å². The number of halogens is 2. The SMILES string of the molecule is ClCCCCCCOCCOCCOCCOCCOCCOCCOCCOCCCl. The van der Waals surface area contributed by atoms with Crippen LogP contribution in [0, 0.1) is 0 Å². The summed E-state index contributed by atoms with van der Waals surface area (Å²) >= 11 is 11.1. The van der Waals surface area contributed by atoms with Gasteiger partial charge in [-0.05, 0) is 12.8 Å². The van der Waals surface area contributed by atoms with Gasteiger partial charge in [0.1, 0.15) is 0 Å². The Bertz CT molecular complexity index is 300. The van der Waals surface area contributed by atoms with E-state index >= 15 is 0 Å². The van der Waals surface area contributed by atoms with Crippen LogP contribution in [0.25, 0.3) is 0 Å². The molecule has 0 aliphatic rings. The molecule has 10 heteroatoms. The van der Waals surface area contributed by atoms with Crippen LogP contribution in [0.15, 0.2) is 0 Å². The Morgan fingerprint density at radius 2 is 0.531 bits per heavy atom. The van der Waals surface area contributed by atoms with E-state index in [0.717, 1.165) is 25.3 Å². The van der Waals surface area contributed by atoms with Crippen molar-refractivity contribution in [3.8, 4) is 0 Å². The highest BCUT2D eigenvalue weighted by Gasteiger charge is 1.95. The average molecular weight is 507 g/mol. The van der Waals surface area contributed by atoms with Crippen LogP contribution in [0.4, 0.5) is 0 Å². The molecule has 194 valence electrons. The third kappa shape index (κ3) is 30.3. The van der Waals surface area contributed by atoms with Gasteiger partial charge in [-0.2, -0.15) is 0 Å². The first kappa shape index (κ1) is 32.3. The normalized spacial score (nSPS) is 11.4. The van der Waals surface area contributed by atoms with E-state index in [1.54, 1.807) is 0 Å². The fourth-order valence-electron chi connectivity index (χ4n) is 2.35. The maximum atomic E-state index is 5.63. The Morgan fingerprint density at radius 1 is 0.250 bits per heavy atom. The smallest absolute Gasteiger partial charge is 0.0701 e. The highest BCUT2D eigenvalue weighted by atomic mass is 35.5. The summed E-state index contributed by atoms with van der Waals surface area (Å²) in [7, 11) is 0. The number of alkyl halides is 2. The Morgan fingerprint density at radius 3 is 0.844 bits per heavy atom. The van der Waals surface area contributed by atoms with Crippen molar-refractivity contribution in [3.63, 3.8) is 0 Å². The van der Waals surface area contributed by atoms with E-state index in [4.69, 9.17) is 61.1 Å². The predicted molar refractivity (Wildman–Crippen MR) is 126 cm³/mol. The van der Waals surface area contributed by atoms with Crippen LogP contribution in [0.1, 0.15) is 25.7 Å². The van der Waals surface area contributed by atoms with E-state index in [1.165, 1.54) is 12.8 Å². The molecule has 0 aliphatic carbocycles. The van der Waals surface area contributed by atoms with Gasteiger partial charge in [0.2, 0.25) is 0 Å². The monoisotopic (exact) mass is 506 g/mol. The molecule has 0 aromatic carbocycles. The quantitative estimate of drug-likeness (QED) is 0.113. The van der Waals surface area contributed by atoms with Gasteiger partial charge in [0.05, 0.1) is 99.1 Å². The molecule has 0 atom stereocenters. The van der Waals surface area contributed by atoms with Gasteiger partial charge in [0.25, 0.3) is 0 Å². The molecule has 0 aromatic rings. The van der Waals surface area contributed by atoms with Crippen molar-refractivity contribution in [2.75, 3.05) is 117 Å². The zero-order valence-corrected chi connectivity index (χ0v) is 21.1. The van der Waals surface area contributed by atoms with Gasteiger partial charge < -0.3 is 37.9 Å². The van der Waals surface area contributed by atoms with Crippen LogP contribution in [0.5, 0.6) is 0 Å². The van der Waals surface area contributed by atoms with Gasteiger partial charge in [-0.3, -0.25) is 0 Å². The van der Waals surface area contributed by atoms with Crippen LogP contribution < -0.4 is 0 Å². The second-order valence-electron chi connectivity index (χ2n) is 6.69. The van der Waals surface area contributed by atoms with Gasteiger partial charge in [-0.25, -0.2) is 0 Å². The standard InChI is InChI=1S/C22H44Cl2O8/c23-5-3-1-2-4-7-25-9-11-27-13-15-29-17-19-31-21-22-32-20-18-30-16-14-28-12-10-26-8-6-24/h1-22H2. The number of hydrogen-bond acceptors (Lipinski definition) is 8. The molecule has 0 spiro atoms. The molecule has 0 unspecified atom stereocenters. The highest BCUT2D eigenvalue weighted by Crippen LogP contribution is 2.01. The number of unbranched alkanes of at least 4 members (excludes halogenated alkanes) is 3. The molecule has 0 rings (SSSR count). The largest absolute Gasteiger partial charge is 0.379 e. The van der Waals surface area contributed by atoms with Crippen molar-refractivity contribution in [1.29, 1.82) is 0 Å². The van der Waals surface area contributed by atoms with E-state index in [0.29, 0.717) is 105 Å². The molecule has 0 aliphatic heterocycles. The predicted octanol–water partition coefficient (Wildman–Crippen LogP) is 3.16. The van der Waals surface area contributed by atoms with Crippen molar-refractivity contribution in [3.05, 3.63) is 0 Å². The lowest BCUT2D eigenvalue weighted by atomic mass is 10.2. The Labute approximate surface area is 204 Å². The Hall–Kier alpha value is 0.260.